The predicted molar refractivity (Wildman–Crippen MR) is 0 cm³/mol. The summed E-state index contributed by atoms with van der Waals surface area (Å²) in [5, 5.41) is 0. The zero-order valence-electron chi connectivity index (χ0n) is 3.83. The van der Waals surface area contributed by atoms with Crippen LogP contribution < -0.4 is 152 Å². The third-order valence-corrected chi connectivity index (χ3v) is 0. The summed E-state index contributed by atoms with van der Waals surface area (Å²) in [6, 6.07) is 0. The average Bonchev–Trinajstić information content (AvgIpc) is 0. The molecule has 0 spiro atoms. The maximum Gasteiger partial charge on any atom is 2.00 e. The van der Waals surface area contributed by atoms with E-state index in [4.69, 9.17) is 0 Å². The fraction of sp³-hybridized carbons (Fsp3) is 0. The molecule has 0 nitrogen and oxygen atoms in total. The van der Waals surface area contributed by atoms with E-state index >= 15 is 0 Å². The van der Waals surface area contributed by atoms with Gasteiger partial charge in [-0.15, -0.1) is 0 Å². The first-order chi connectivity index (χ1) is 0. The summed E-state index contributed by atoms with van der Waals surface area (Å²) in [5.74, 6) is 0. The molecule has 0 aromatic carbocycles. The van der Waals surface area contributed by atoms with E-state index in [0.29, 0.717) is 0 Å². The van der Waals surface area contributed by atoms with Crippen molar-refractivity contribution in [2.45, 2.75) is 0 Å². The van der Waals surface area contributed by atoms with Gasteiger partial charge in [-0.25, -0.2) is 0 Å². The Hall–Kier alpha value is 5.10. The molecule has 0 amide bonds. The van der Waals surface area contributed by atoms with Crippen LogP contribution >= 0.6 is 0 Å². The fourth-order valence-corrected chi connectivity index (χ4v) is 0. The van der Waals surface area contributed by atoms with Crippen LogP contribution in [0.2, 0.25) is 0 Å². The van der Waals surface area contributed by atoms with Crippen LogP contribution in [0.3, 0.4) is 0 Å². The summed E-state index contributed by atoms with van der Waals surface area (Å²) < 4.78 is 0. The second kappa shape index (κ2) is 43.6. The van der Waals surface area contributed by atoms with Crippen molar-refractivity contribution < 1.29 is 173 Å². The summed E-state index contributed by atoms with van der Waals surface area (Å²) in [4.78, 5) is 0. The average molecular weight is 326 g/mol. The molecule has 0 unspecified atom stereocenters. The monoisotopic (exact) mass is 324 g/mol. The van der Waals surface area contributed by atoms with E-state index in [0.717, 1.165) is 0 Å². The van der Waals surface area contributed by atoms with Crippen molar-refractivity contribution in [2.75, 3.05) is 0 Å². The first-order valence-corrected chi connectivity index (χ1v) is 0. The van der Waals surface area contributed by atoms with Crippen LogP contribution in [0, 0.1) is 0 Å². The molecule has 0 fully saturated rings. The zero-order valence-corrected chi connectivity index (χ0v) is 14.7. The fourth-order valence-electron chi connectivity index (χ4n) is 0. The molecule has 40 valence electrons. The van der Waals surface area contributed by atoms with Gasteiger partial charge in [-0.1, -0.05) is 0 Å². The Morgan fingerprint density at radius 1 is 0.429 bits per heavy atom. The molecule has 0 N–H and O–H groups in total. The van der Waals surface area contributed by atoms with E-state index in [-0.39, 0.29) is 173 Å². The van der Waals surface area contributed by atoms with Gasteiger partial charge in [-0.3, -0.25) is 0 Å². The van der Waals surface area contributed by atoms with Gasteiger partial charge in [0.15, 0.2) is 0 Å². The zero-order chi connectivity index (χ0) is 0. The van der Waals surface area contributed by atoms with Crippen LogP contribution in [-0.2, 0) is 20.4 Å². The molecular formula is Cl4K2Pd. The van der Waals surface area contributed by atoms with E-state index in [2.05, 4.69) is 0 Å². The Morgan fingerprint density at radius 3 is 0.429 bits per heavy atom. The summed E-state index contributed by atoms with van der Waals surface area (Å²) in [5.41, 5.74) is 0. The van der Waals surface area contributed by atoms with E-state index in [1.807, 2.05) is 0 Å². The predicted octanol–water partition coefficient (Wildman–Crippen LogP) is -18.0. The van der Waals surface area contributed by atoms with Gasteiger partial charge in [0, 0.05) is 0 Å². The summed E-state index contributed by atoms with van der Waals surface area (Å²) in [7, 11) is 0. The quantitative estimate of drug-likeness (QED) is 0.388. The van der Waals surface area contributed by atoms with Crippen LogP contribution in [-0.4, -0.2) is 0 Å². The second-order valence-electron chi connectivity index (χ2n) is 0. The molecule has 0 saturated carbocycles. The normalized spacial score (nSPS) is 0. The van der Waals surface area contributed by atoms with E-state index in [1.54, 1.807) is 0 Å². The Balaban J connectivity index is 0. The number of halogens is 4. The van der Waals surface area contributed by atoms with Crippen LogP contribution in [0.1, 0.15) is 0 Å². The van der Waals surface area contributed by atoms with E-state index in [9.17, 15) is 0 Å². The van der Waals surface area contributed by atoms with E-state index in [1.165, 1.54) is 0 Å². The molecule has 0 bridgehead atoms. The van der Waals surface area contributed by atoms with Crippen molar-refractivity contribution in [3.8, 4) is 0 Å². The first kappa shape index (κ1) is 57.4. The van der Waals surface area contributed by atoms with E-state index < -0.39 is 0 Å². The molecule has 0 atom stereocenters. The SMILES string of the molecule is [Cl-].[Cl-].[Cl-].[Cl-].[K+].[K+].[Pd+2]. The minimum atomic E-state index is 0. The van der Waals surface area contributed by atoms with Gasteiger partial charge in [0.05, 0.1) is 0 Å². The largest absolute Gasteiger partial charge is 2.00 e. The molecule has 0 heterocycles. The van der Waals surface area contributed by atoms with Crippen LogP contribution in [0.25, 0.3) is 0 Å². The maximum atomic E-state index is 0. The van der Waals surface area contributed by atoms with Crippen molar-refractivity contribution in [3.63, 3.8) is 0 Å². The molecule has 0 aliphatic carbocycles. The summed E-state index contributed by atoms with van der Waals surface area (Å²) in [6.07, 6.45) is 0. The third-order valence-electron chi connectivity index (χ3n) is 0. The van der Waals surface area contributed by atoms with Crippen molar-refractivity contribution in [3.05, 3.63) is 0 Å². The number of hydrogen-bond donors (Lipinski definition) is 0. The smallest absolute Gasteiger partial charge is 1.00 e. The van der Waals surface area contributed by atoms with Crippen LogP contribution in [0.4, 0.5) is 0 Å². The Labute approximate surface area is 168 Å². The molecule has 7 heavy (non-hydrogen) atoms. The van der Waals surface area contributed by atoms with Gasteiger partial charge in [0.25, 0.3) is 0 Å². The molecule has 0 rings (SSSR count). The van der Waals surface area contributed by atoms with Crippen molar-refractivity contribution >= 4 is 0 Å². The first-order valence-electron chi connectivity index (χ1n) is 0. The third kappa shape index (κ3) is 35.4. The van der Waals surface area contributed by atoms with Gasteiger partial charge in [0.2, 0.25) is 0 Å². The van der Waals surface area contributed by atoms with Gasteiger partial charge in [0.1, 0.15) is 0 Å². The minimum absolute atomic E-state index is 0. The van der Waals surface area contributed by atoms with Crippen molar-refractivity contribution in [1.29, 1.82) is 0 Å². The van der Waals surface area contributed by atoms with Gasteiger partial charge < -0.3 is 49.6 Å². The molecule has 7 heteroatoms. The Bertz CT molecular complexity index is 9.65. The van der Waals surface area contributed by atoms with Gasteiger partial charge in [-0.05, 0) is 0 Å². The Kier molecular flexibility index (Phi) is 357. The minimum Gasteiger partial charge on any atom is -1.00 e. The second-order valence-corrected chi connectivity index (χ2v) is 0. The van der Waals surface area contributed by atoms with Gasteiger partial charge >= 0.3 is 123 Å². The maximum absolute atomic E-state index is 0. The molecule has 0 aromatic heterocycles. The van der Waals surface area contributed by atoms with Crippen LogP contribution in [0.15, 0.2) is 0 Å². The van der Waals surface area contributed by atoms with Crippen LogP contribution in [0.5, 0.6) is 0 Å². The number of hydrogen-bond acceptors (Lipinski definition) is 0. The standard InChI is InChI=1S/4ClH.2K.Pd/h4*1H;;;/q;;;;2*+1;+2/p-4. The topological polar surface area (TPSA) is 0 Å². The number of rotatable bonds is 0. The molecule has 0 aromatic rings. The molecule has 0 aliphatic rings. The van der Waals surface area contributed by atoms with Crippen molar-refractivity contribution in [1.82, 2.24) is 0 Å². The molecular weight excluding hydrogens is 326 g/mol. The molecule has 0 aliphatic heterocycles. The van der Waals surface area contributed by atoms with Gasteiger partial charge in [-0.2, -0.15) is 0 Å². The summed E-state index contributed by atoms with van der Waals surface area (Å²) in [6.45, 7) is 0. The summed E-state index contributed by atoms with van der Waals surface area (Å²) >= 11 is 0. The van der Waals surface area contributed by atoms with Crippen molar-refractivity contribution in [2.24, 2.45) is 0 Å². The molecule has 0 radical (unpaired) electrons. The Morgan fingerprint density at radius 2 is 0.429 bits per heavy atom. The molecule has 0 saturated heterocycles.